The Bertz CT molecular complexity index is 1040. The van der Waals surface area contributed by atoms with Crippen molar-refractivity contribution >= 4 is 17.1 Å². The monoisotopic (exact) mass is 340 g/mol. The first-order valence-corrected chi connectivity index (χ1v) is 7.69. The maximum Gasteiger partial charge on any atom is 0.133 e. The number of hydrogen-bond acceptors (Lipinski definition) is 1. The van der Waals surface area contributed by atoms with Crippen LogP contribution in [-0.4, -0.2) is 9.61 Å². The van der Waals surface area contributed by atoms with Gasteiger partial charge in [0.1, 0.15) is 11.6 Å². The molecule has 4 rings (SSSR count). The standard InChI is InChI=1S/C19H11ClF2N2/c20-14-3-1-12(2-4-14)19-11-16-9-13(7-8-24(16)23-19)17-6-5-15(21)10-18(17)22/h1-11H. The highest BCUT2D eigenvalue weighted by Gasteiger charge is 2.09. The fourth-order valence-corrected chi connectivity index (χ4v) is 2.77. The molecule has 0 amide bonds. The number of rotatable bonds is 2. The second kappa shape index (κ2) is 5.73. The average molecular weight is 341 g/mol. The van der Waals surface area contributed by atoms with Gasteiger partial charge in [-0.1, -0.05) is 23.7 Å². The second-order valence-electron chi connectivity index (χ2n) is 5.45. The van der Waals surface area contributed by atoms with Crippen LogP contribution < -0.4 is 0 Å². The summed E-state index contributed by atoms with van der Waals surface area (Å²) in [7, 11) is 0. The highest BCUT2D eigenvalue weighted by molar-refractivity contribution is 6.30. The van der Waals surface area contributed by atoms with E-state index >= 15 is 0 Å². The molecule has 0 saturated carbocycles. The van der Waals surface area contributed by atoms with E-state index in [1.54, 1.807) is 28.9 Å². The summed E-state index contributed by atoms with van der Waals surface area (Å²) < 4.78 is 28.8. The van der Waals surface area contributed by atoms with Crippen molar-refractivity contribution in [2.75, 3.05) is 0 Å². The molecule has 2 nitrogen and oxygen atoms in total. The molecule has 0 radical (unpaired) electrons. The minimum absolute atomic E-state index is 0.355. The molecule has 0 N–H and O–H groups in total. The van der Waals surface area contributed by atoms with Crippen molar-refractivity contribution in [2.45, 2.75) is 0 Å². The fourth-order valence-electron chi connectivity index (χ4n) is 2.65. The van der Waals surface area contributed by atoms with Crippen LogP contribution in [0.2, 0.25) is 5.02 Å². The number of hydrogen-bond donors (Lipinski definition) is 0. The lowest BCUT2D eigenvalue weighted by Crippen LogP contribution is -1.90. The molecule has 0 saturated heterocycles. The molecule has 0 atom stereocenters. The van der Waals surface area contributed by atoms with Crippen LogP contribution in [0.1, 0.15) is 0 Å². The summed E-state index contributed by atoms with van der Waals surface area (Å²) in [6, 6.07) is 16.5. The molecule has 2 heterocycles. The van der Waals surface area contributed by atoms with E-state index in [0.717, 1.165) is 22.8 Å². The van der Waals surface area contributed by atoms with Crippen LogP contribution in [0.3, 0.4) is 0 Å². The van der Waals surface area contributed by atoms with Crippen molar-refractivity contribution in [3.8, 4) is 22.4 Å². The highest BCUT2D eigenvalue weighted by Crippen LogP contribution is 2.27. The summed E-state index contributed by atoms with van der Waals surface area (Å²) in [6.07, 6.45) is 1.76. The van der Waals surface area contributed by atoms with Crippen LogP contribution >= 0.6 is 11.6 Å². The van der Waals surface area contributed by atoms with E-state index in [9.17, 15) is 8.78 Å². The van der Waals surface area contributed by atoms with Crippen LogP contribution in [0, 0.1) is 11.6 Å². The second-order valence-corrected chi connectivity index (χ2v) is 5.88. The van der Waals surface area contributed by atoms with Gasteiger partial charge in [0.25, 0.3) is 0 Å². The van der Waals surface area contributed by atoms with Gasteiger partial charge in [0, 0.05) is 28.4 Å². The molecule has 118 valence electrons. The Morgan fingerprint density at radius 3 is 2.38 bits per heavy atom. The number of nitrogens with zero attached hydrogens (tertiary/aromatic N) is 2. The van der Waals surface area contributed by atoms with Crippen molar-refractivity contribution in [3.63, 3.8) is 0 Å². The molecule has 24 heavy (non-hydrogen) atoms. The van der Waals surface area contributed by atoms with Gasteiger partial charge in [-0.25, -0.2) is 13.3 Å². The Hall–Kier alpha value is -2.72. The molecule has 0 unspecified atom stereocenters. The first-order chi connectivity index (χ1) is 11.6. The van der Waals surface area contributed by atoms with Crippen molar-refractivity contribution in [1.82, 2.24) is 9.61 Å². The summed E-state index contributed by atoms with van der Waals surface area (Å²) in [6.45, 7) is 0. The molecule has 0 aliphatic heterocycles. The van der Waals surface area contributed by atoms with E-state index in [-0.39, 0.29) is 0 Å². The number of aromatic nitrogens is 2. The molecule has 0 fully saturated rings. The zero-order chi connectivity index (χ0) is 16.7. The van der Waals surface area contributed by atoms with Gasteiger partial charge in [-0.3, -0.25) is 0 Å². The van der Waals surface area contributed by atoms with E-state index in [2.05, 4.69) is 5.10 Å². The summed E-state index contributed by atoms with van der Waals surface area (Å²) in [5.74, 6) is -1.18. The van der Waals surface area contributed by atoms with Gasteiger partial charge < -0.3 is 0 Å². The molecule has 2 aromatic heterocycles. The number of pyridine rings is 1. The molecule has 2 aromatic carbocycles. The third-order valence-electron chi connectivity index (χ3n) is 3.85. The minimum atomic E-state index is -0.591. The molecule has 0 aliphatic carbocycles. The van der Waals surface area contributed by atoms with Crippen LogP contribution in [0.5, 0.6) is 0 Å². The number of halogens is 3. The summed E-state index contributed by atoms with van der Waals surface area (Å²) in [4.78, 5) is 0. The normalized spacial score (nSPS) is 11.1. The number of fused-ring (bicyclic) bond motifs is 1. The van der Waals surface area contributed by atoms with Crippen LogP contribution in [-0.2, 0) is 0 Å². The van der Waals surface area contributed by atoms with Crippen LogP contribution in [0.4, 0.5) is 8.78 Å². The maximum absolute atomic E-state index is 14.0. The van der Waals surface area contributed by atoms with Crippen LogP contribution in [0.25, 0.3) is 27.9 Å². The van der Waals surface area contributed by atoms with E-state index < -0.39 is 11.6 Å². The topological polar surface area (TPSA) is 17.3 Å². The lowest BCUT2D eigenvalue weighted by Gasteiger charge is -2.04. The van der Waals surface area contributed by atoms with Gasteiger partial charge in [-0.2, -0.15) is 5.10 Å². The zero-order valence-electron chi connectivity index (χ0n) is 12.4. The Morgan fingerprint density at radius 2 is 1.62 bits per heavy atom. The number of benzene rings is 2. The van der Waals surface area contributed by atoms with Gasteiger partial charge in [0.15, 0.2) is 0 Å². The fraction of sp³-hybridized carbons (Fsp3) is 0. The van der Waals surface area contributed by atoms with Gasteiger partial charge in [0.2, 0.25) is 0 Å². The smallest absolute Gasteiger partial charge is 0.133 e. The minimum Gasteiger partial charge on any atom is -0.240 e. The van der Waals surface area contributed by atoms with Gasteiger partial charge in [-0.15, -0.1) is 0 Å². The lowest BCUT2D eigenvalue weighted by molar-refractivity contribution is 0.585. The van der Waals surface area contributed by atoms with Gasteiger partial charge in [-0.05, 0) is 48.0 Å². The molecular weight excluding hydrogens is 330 g/mol. The van der Waals surface area contributed by atoms with E-state index in [0.29, 0.717) is 16.1 Å². The SMILES string of the molecule is Fc1ccc(-c2ccn3nc(-c4ccc(Cl)cc4)cc3c2)c(F)c1. The molecule has 4 aromatic rings. The molecular formula is C19H11ClF2N2. The van der Waals surface area contributed by atoms with E-state index in [1.807, 2.05) is 24.3 Å². The molecule has 5 heteroatoms. The zero-order valence-corrected chi connectivity index (χ0v) is 13.1. The quantitative estimate of drug-likeness (QED) is 0.464. The molecule has 0 spiro atoms. The summed E-state index contributed by atoms with van der Waals surface area (Å²) in [5.41, 5.74) is 3.58. The summed E-state index contributed by atoms with van der Waals surface area (Å²) in [5, 5.41) is 5.17. The van der Waals surface area contributed by atoms with Crippen molar-refractivity contribution in [3.05, 3.63) is 83.5 Å². The van der Waals surface area contributed by atoms with Crippen molar-refractivity contribution in [1.29, 1.82) is 0 Å². The van der Waals surface area contributed by atoms with Gasteiger partial charge >= 0.3 is 0 Å². The van der Waals surface area contributed by atoms with Crippen molar-refractivity contribution < 1.29 is 8.78 Å². The average Bonchev–Trinajstić information content (AvgIpc) is 2.98. The molecule has 0 aliphatic rings. The Morgan fingerprint density at radius 1 is 0.833 bits per heavy atom. The van der Waals surface area contributed by atoms with Gasteiger partial charge in [0.05, 0.1) is 11.2 Å². The predicted molar refractivity (Wildman–Crippen MR) is 91.0 cm³/mol. The van der Waals surface area contributed by atoms with E-state index in [4.69, 9.17) is 11.6 Å². The predicted octanol–water partition coefficient (Wildman–Crippen LogP) is 5.60. The largest absolute Gasteiger partial charge is 0.240 e. The first kappa shape index (κ1) is 14.8. The van der Waals surface area contributed by atoms with E-state index in [1.165, 1.54) is 12.1 Å². The molecule has 0 bridgehead atoms. The lowest BCUT2D eigenvalue weighted by atomic mass is 10.1. The Labute approximate surface area is 141 Å². The first-order valence-electron chi connectivity index (χ1n) is 7.31. The maximum atomic E-state index is 14.0. The Kier molecular flexibility index (Phi) is 3.54. The third kappa shape index (κ3) is 2.65. The van der Waals surface area contributed by atoms with Crippen molar-refractivity contribution in [2.24, 2.45) is 0 Å². The summed E-state index contributed by atoms with van der Waals surface area (Å²) >= 11 is 5.90. The van der Waals surface area contributed by atoms with Crippen LogP contribution in [0.15, 0.2) is 66.9 Å². The highest BCUT2D eigenvalue weighted by atomic mass is 35.5. The Balaban J connectivity index is 1.80. The third-order valence-corrected chi connectivity index (χ3v) is 4.10.